The van der Waals surface area contributed by atoms with Crippen LogP contribution < -0.4 is 19.5 Å². The Morgan fingerprint density at radius 1 is 0.812 bits per heavy atom. The van der Waals surface area contributed by atoms with E-state index in [-0.39, 0.29) is 14.1 Å². The zero-order valence-corrected chi connectivity index (χ0v) is 21.7. The highest BCUT2D eigenvalue weighted by Gasteiger charge is 2.22. The van der Waals surface area contributed by atoms with E-state index in [9.17, 15) is 4.79 Å². The van der Waals surface area contributed by atoms with Gasteiger partial charge in [0, 0.05) is 12.1 Å². The molecule has 1 atom stereocenters. The molecule has 0 N–H and O–H groups in total. The van der Waals surface area contributed by atoms with Crippen LogP contribution in [0.4, 0.5) is 0 Å². The quantitative estimate of drug-likeness (QED) is 0.186. The number of carbonyl (C=O) groups excluding carboxylic acids is 1. The summed E-state index contributed by atoms with van der Waals surface area (Å²) < 4.78 is 18.1. The largest absolute Gasteiger partial charge is 0.493 e. The number of carbonyl (C=O) groups is 1. The van der Waals surface area contributed by atoms with Crippen molar-refractivity contribution in [3.8, 4) is 17.2 Å². The molecule has 2 aromatic carbocycles. The average Bonchev–Trinajstić information content (AvgIpc) is 2.76. The van der Waals surface area contributed by atoms with Crippen molar-refractivity contribution < 1.29 is 19.0 Å². The third-order valence-electron chi connectivity index (χ3n) is 4.75. The van der Waals surface area contributed by atoms with Crippen molar-refractivity contribution in [3.63, 3.8) is 0 Å². The Kier molecular flexibility index (Phi) is 12.2. The molecule has 2 rings (SSSR count). The van der Waals surface area contributed by atoms with Crippen molar-refractivity contribution in [2.45, 2.75) is 59.3 Å². The van der Waals surface area contributed by atoms with Crippen molar-refractivity contribution in [3.05, 3.63) is 45.9 Å². The van der Waals surface area contributed by atoms with Crippen LogP contribution in [0, 0.1) is 0 Å². The minimum Gasteiger partial charge on any atom is -0.493 e. The summed E-state index contributed by atoms with van der Waals surface area (Å²) in [6.07, 6.45) is 5.87. The van der Waals surface area contributed by atoms with Crippen molar-refractivity contribution in [2.75, 3.05) is 19.8 Å². The second-order valence-corrected chi connectivity index (χ2v) is 9.47. The summed E-state index contributed by atoms with van der Waals surface area (Å²) in [7, 11) is -0.245. The van der Waals surface area contributed by atoms with Crippen LogP contribution in [0.3, 0.4) is 0 Å². The van der Waals surface area contributed by atoms with Crippen LogP contribution in [0.5, 0.6) is 17.2 Å². The van der Waals surface area contributed by atoms with E-state index in [4.69, 9.17) is 37.4 Å². The summed E-state index contributed by atoms with van der Waals surface area (Å²) in [6.45, 7) is 8.08. The Morgan fingerprint density at radius 2 is 1.28 bits per heavy atom. The van der Waals surface area contributed by atoms with Crippen LogP contribution in [-0.2, 0) is 0 Å². The third-order valence-corrected chi connectivity index (χ3v) is 6.60. The van der Waals surface area contributed by atoms with Gasteiger partial charge in [0.15, 0.2) is 5.52 Å². The molecule has 7 heteroatoms. The van der Waals surface area contributed by atoms with E-state index >= 15 is 0 Å². The molecule has 0 radical (unpaired) electrons. The maximum absolute atomic E-state index is 13.2. The van der Waals surface area contributed by atoms with Gasteiger partial charge < -0.3 is 14.2 Å². The lowest BCUT2D eigenvalue weighted by Gasteiger charge is -2.19. The molecule has 0 heterocycles. The Labute approximate surface area is 203 Å². The van der Waals surface area contributed by atoms with E-state index < -0.39 is 0 Å². The SMILES string of the molecule is CCCCOc1cc(OCCCC)c(PC(=O)c2c(Cl)cccc2Cl)c(OCCCC)c1. The topological polar surface area (TPSA) is 44.8 Å². The number of unbranched alkanes of at least 4 members (excludes halogenated alkanes) is 3. The van der Waals surface area contributed by atoms with Gasteiger partial charge in [-0.15, -0.1) is 0 Å². The molecule has 4 nitrogen and oxygen atoms in total. The van der Waals surface area contributed by atoms with Gasteiger partial charge in [0.25, 0.3) is 0 Å². The average molecular weight is 499 g/mol. The van der Waals surface area contributed by atoms with Gasteiger partial charge in [0.2, 0.25) is 0 Å². The zero-order valence-electron chi connectivity index (χ0n) is 19.1. The second kappa shape index (κ2) is 14.6. The lowest BCUT2D eigenvalue weighted by atomic mass is 10.2. The predicted molar refractivity (Wildman–Crippen MR) is 136 cm³/mol. The van der Waals surface area contributed by atoms with E-state index in [2.05, 4.69) is 20.8 Å². The second-order valence-electron chi connectivity index (χ2n) is 7.45. The molecule has 0 aliphatic carbocycles. The maximum atomic E-state index is 13.2. The molecule has 0 spiro atoms. The summed E-state index contributed by atoms with van der Waals surface area (Å²) in [4.78, 5) is 13.2. The molecule has 1 unspecified atom stereocenters. The molecule has 2 aromatic rings. The van der Waals surface area contributed by atoms with Gasteiger partial charge in [-0.3, -0.25) is 4.79 Å². The van der Waals surface area contributed by atoms with Crippen molar-refractivity contribution >= 4 is 42.6 Å². The van der Waals surface area contributed by atoms with Gasteiger partial charge in [0.05, 0.1) is 40.7 Å². The summed E-state index contributed by atoms with van der Waals surface area (Å²) in [6, 6.07) is 8.80. The first-order valence-electron chi connectivity index (χ1n) is 11.3. The lowest BCUT2D eigenvalue weighted by Crippen LogP contribution is -2.14. The maximum Gasteiger partial charge on any atom is 0.188 e. The monoisotopic (exact) mass is 498 g/mol. The highest BCUT2D eigenvalue weighted by Crippen LogP contribution is 2.37. The minimum atomic E-state index is -0.245. The zero-order chi connectivity index (χ0) is 23.3. The molecule has 0 saturated heterocycles. The van der Waals surface area contributed by atoms with Crippen LogP contribution in [0.25, 0.3) is 0 Å². The van der Waals surface area contributed by atoms with Crippen molar-refractivity contribution in [1.82, 2.24) is 0 Å². The fourth-order valence-corrected chi connectivity index (χ4v) is 4.76. The normalized spacial score (nSPS) is 11.2. The number of benzene rings is 2. The van der Waals surface area contributed by atoms with Crippen molar-refractivity contribution in [1.29, 1.82) is 0 Å². The van der Waals surface area contributed by atoms with Crippen LogP contribution in [0.15, 0.2) is 30.3 Å². The molecule has 0 aromatic heterocycles. The fourth-order valence-electron chi connectivity index (χ4n) is 2.88. The number of hydrogen-bond donors (Lipinski definition) is 0. The van der Waals surface area contributed by atoms with E-state index in [1.165, 1.54) is 0 Å². The Bertz CT molecular complexity index is 822. The molecule has 0 saturated carbocycles. The first kappa shape index (κ1) is 26.8. The minimum absolute atomic E-state index is 0.152. The summed E-state index contributed by atoms with van der Waals surface area (Å²) in [5.41, 5.74) is 0.178. The molecular formula is C25H33Cl2O4P. The number of halogens is 2. The van der Waals surface area contributed by atoms with Crippen molar-refractivity contribution in [2.24, 2.45) is 0 Å². The van der Waals surface area contributed by atoms with Gasteiger partial charge in [-0.2, -0.15) is 0 Å². The molecule has 0 aliphatic rings. The Hall–Kier alpha value is -1.48. The predicted octanol–water partition coefficient (Wildman–Crippen LogP) is 7.67. The molecule has 0 amide bonds. The van der Waals surface area contributed by atoms with E-state index in [1.54, 1.807) is 18.2 Å². The van der Waals surface area contributed by atoms with Crippen LogP contribution >= 0.6 is 31.8 Å². The van der Waals surface area contributed by atoms with Gasteiger partial charge in [-0.25, -0.2) is 0 Å². The number of ether oxygens (including phenoxy) is 3. The first-order chi connectivity index (χ1) is 15.5. The summed E-state index contributed by atoms with van der Waals surface area (Å²) in [5.74, 6) is 1.93. The fraction of sp³-hybridized carbons (Fsp3) is 0.480. The molecule has 0 fully saturated rings. The summed E-state index contributed by atoms with van der Waals surface area (Å²) >= 11 is 12.6. The molecule has 0 aliphatic heterocycles. The standard InChI is InChI=1S/C25H33Cl2O4P/c1-4-7-13-29-18-16-21(30-14-8-5-2)24(22(17-18)31-15-9-6-3)32-25(28)23-19(26)11-10-12-20(23)27/h10-12,16-17,32H,4-9,13-15H2,1-3H3. The highest BCUT2D eigenvalue weighted by molar-refractivity contribution is 7.66. The molecular weight excluding hydrogens is 466 g/mol. The van der Waals surface area contributed by atoms with Gasteiger partial charge in [0.1, 0.15) is 17.2 Å². The molecule has 176 valence electrons. The first-order valence-corrected chi connectivity index (χ1v) is 13.1. The van der Waals surface area contributed by atoms with E-state index in [0.717, 1.165) is 43.8 Å². The van der Waals surface area contributed by atoms with Gasteiger partial charge >= 0.3 is 0 Å². The number of rotatable bonds is 15. The van der Waals surface area contributed by atoms with Crippen LogP contribution in [0.1, 0.15) is 69.7 Å². The van der Waals surface area contributed by atoms with E-state index in [0.29, 0.717) is 52.7 Å². The Morgan fingerprint density at radius 3 is 1.75 bits per heavy atom. The van der Waals surface area contributed by atoms with E-state index in [1.807, 2.05) is 12.1 Å². The molecule has 32 heavy (non-hydrogen) atoms. The van der Waals surface area contributed by atoms with Crippen LogP contribution in [0.2, 0.25) is 10.0 Å². The highest BCUT2D eigenvalue weighted by atomic mass is 35.5. The molecule has 0 bridgehead atoms. The summed E-state index contributed by atoms with van der Waals surface area (Å²) in [5, 5.41) is 1.41. The van der Waals surface area contributed by atoms with Gasteiger partial charge in [-0.1, -0.05) is 69.3 Å². The third kappa shape index (κ3) is 8.14. The Balaban J connectivity index is 2.42. The smallest absolute Gasteiger partial charge is 0.188 e. The van der Waals surface area contributed by atoms with Crippen LogP contribution in [-0.4, -0.2) is 25.3 Å². The number of hydrogen-bond acceptors (Lipinski definition) is 4. The van der Waals surface area contributed by atoms with Gasteiger partial charge in [-0.05, 0) is 40.0 Å². The lowest BCUT2D eigenvalue weighted by molar-refractivity contribution is 0.108.